The number of ether oxygens (including phenoxy) is 3. The number of alkyl halides is 2. The molecule has 2 aromatic rings. The number of ketones is 1. The molecule has 0 saturated carbocycles. The SMILES string of the molecule is CCCOc1ccc(Br)cc1/C=C/C(=O)c1ccc(OC(F)F)c(OC)c1. The minimum atomic E-state index is -2.97. The number of carbonyl (C=O) groups is 1. The maximum absolute atomic E-state index is 12.4. The standard InChI is InChI=1S/C20H19BrF2O4/c1-3-10-26-17-9-6-15(21)11-14(17)4-7-16(24)13-5-8-18(27-20(22)23)19(12-13)25-2/h4-9,11-12,20H,3,10H2,1-2H3/b7-4+. The third kappa shape index (κ3) is 6.06. The number of hydrogen-bond donors (Lipinski definition) is 0. The van der Waals surface area contributed by atoms with Crippen LogP contribution in [0.25, 0.3) is 6.08 Å². The van der Waals surface area contributed by atoms with Crippen molar-refractivity contribution in [1.82, 2.24) is 0 Å². The van der Waals surface area contributed by atoms with Crippen LogP contribution in [-0.4, -0.2) is 26.1 Å². The molecule has 27 heavy (non-hydrogen) atoms. The van der Waals surface area contributed by atoms with Crippen LogP contribution in [0.5, 0.6) is 17.2 Å². The molecule has 0 aliphatic rings. The molecule has 0 aromatic heterocycles. The second-order valence-corrected chi connectivity index (χ2v) is 6.39. The summed E-state index contributed by atoms with van der Waals surface area (Å²) in [7, 11) is 1.32. The molecule has 0 bridgehead atoms. The van der Waals surface area contributed by atoms with Gasteiger partial charge in [-0.3, -0.25) is 4.79 Å². The summed E-state index contributed by atoms with van der Waals surface area (Å²) < 4.78 is 40.7. The lowest BCUT2D eigenvalue weighted by molar-refractivity contribution is -0.0512. The highest BCUT2D eigenvalue weighted by Crippen LogP contribution is 2.30. The van der Waals surface area contributed by atoms with E-state index >= 15 is 0 Å². The molecule has 0 aliphatic heterocycles. The fourth-order valence-corrected chi connectivity index (χ4v) is 2.65. The second-order valence-electron chi connectivity index (χ2n) is 5.47. The van der Waals surface area contributed by atoms with Crippen LogP contribution >= 0.6 is 15.9 Å². The van der Waals surface area contributed by atoms with Crippen LogP contribution in [0.1, 0.15) is 29.3 Å². The summed E-state index contributed by atoms with van der Waals surface area (Å²) in [6, 6.07) is 9.57. The molecule has 0 heterocycles. The summed E-state index contributed by atoms with van der Waals surface area (Å²) in [5.41, 5.74) is 1.03. The minimum absolute atomic E-state index is 0.0592. The summed E-state index contributed by atoms with van der Waals surface area (Å²) in [5, 5.41) is 0. The van der Waals surface area contributed by atoms with E-state index in [-0.39, 0.29) is 22.8 Å². The molecule has 0 spiro atoms. The zero-order chi connectivity index (χ0) is 19.8. The lowest BCUT2D eigenvalue weighted by Gasteiger charge is -2.10. The lowest BCUT2D eigenvalue weighted by atomic mass is 10.1. The molecular weight excluding hydrogens is 422 g/mol. The van der Waals surface area contributed by atoms with E-state index in [0.717, 1.165) is 16.5 Å². The first kappa shape index (κ1) is 20.9. The van der Waals surface area contributed by atoms with Gasteiger partial charge in [0, 0.05) is 15.6 Å². The van der Waals surface area contributed by atoms with Crippen LogP contribution in [0.15, 0.2) is 46.9 Å². The summed E-state index contributed by atoms with van der Waals surface area (Å²) in [4.78, 5) is 12.4. The molecule has 0 radical (unpaired) electrons. The Labute approximate surface area is 164 Å². The Morgan fingerprint density at radius 2 is 1.89 bits per heavy atom. The zero-order valence-corrected chi connectivity index (χ0v) is 16.5. The Balaban J connectivity index is 2.23. The Morgan fingerprint density at radius 1 is 1.15 bits per heavy atom. The summed E-state index contributed by atoms with van der Waals surface area (Å²) in [6.45, 7) is -0.398. The van der Waals surface area contributed by atoms with Crippen LogP contribution < -0.4 is 14.2 Å². The summed E-state index contributed by atoms with van der Waals surface area (Å²) >= 11 is 3.40. The smallest absolute Gasteiger partial charge is 0.387 e. The number of benzene rings is 2. The van der Waals surface area contributed by atoms with Crippen molar-refractivity contribution in [2.24, 2.45) is 0 Å². The number of rotatable bonds is 9. The van der Waals surface area contributed by atoms with Crippen LogP contribution in [0.3, 0.4) is 0 Å². The van der Waals surface area contributed by atoms with Crippen LogP contribution in [0.2, 0.25) is 0 Å². The number of methoxy groups -OCH3 is 1. The van der Waals surface area contributed by atoms with Crippen molar-refractivity contribution in [3.8, 4) is 17.2 Å². The molecular formula is C20H19BrF2O4. The van der Waals surface area contributed by atoms with Gasteiger partial charge in [-0.1, -0.05) is 22.9 Å². The largest absolute Gasteiger partial charge is 0.493 e. The topological polar surface area (TPSA) is 44.8 Å². The molecule has 0 unspecified atom stereocenters. The predicted octanol–water partition coefficient (Wildman–Crippen LogP) is 5.74. The third-order valence-electron chi connectivity index (χ3n) is 3.51. The van der Waals surface area contributed by atoms with E-state index in [4.69, 9.17) is 9.47 Å². The van der Waals surface area contributed by atoms with E-state index in [9.17, 15) is 13.6 Å². The molecule has 0 fully saturated rings. The van der Waals surface area contributed by atoms with E-state index < -0.39 is 6.61 Å². The van der Waals surface area contributed by atoms with Gasteiger partial charge in [-0.05, 0) is 55.0 Å². The number of halogens is 3. The highest BCUT2D eigenvalue weighted by molar-refractivity contribution is 9.10. The monoisotopic (exact) mass is 440 g/mol. The van der Waals surface area contributed by atoms with Crippen molar-refractivity contribution in [2.75, 3.05) is 13.7 Å². The number of allylic oxidation sites excluding steroid dienone is 1. The van der Waals surface area contributed by atoms with Gasteiger partial charge in [0.25, 0.3) is 0 Å². The van der Waals surface area contributed by atoms with Crippen LogP contribution in [0, 0.1) is 0 Å². The van der Waals surface area contributed by atoms with Gasteiger partial charge in [0.15, 0.2) is 17.3 Å². The van der Waals surface area contributed by atoms with Crippen molar-refractivity contribution in [3.63, 3.8) is 0 Å². The molecule has 0 amide bonds. The Morgan fingerprint density at radius 3 is 2.56 bits per heavy atom. The molecule has 2 aromatic carbocycles. The average molecular weight is 441 g/mol. The van der Waals surface area contributed by atoms with Crippen molar-refractivity contribution < 1.29 is 27.8 Å². The van der Waals surface area contributed by atoms with E-state index in [2.05, 4.69) is 20.7 Å². The van der Waals surface area contributed by atoms with E-state index in [1.807, 2.05) is 25.1 Å². The summed E-state index contributed by atoms with van der Waals surface area (Å²) in [6.07, 6.45) is 3.90. The first-order valence-corrected chi connectivity index (χ1v) is 9.01. The minimum Gasteiger partial charge on any atom is -0.493 e. The predicted molar refractivity (Wildman–Crippen MR) is 103 cm³/mol. The Hall–Kier alpha value is -2.41. The molecule has 0 atom stereocenters. The Kier molecular flexibility index (Phi) is 7.79. The third-order valence-corrected chi connectivity index (χ3v) is 4.01. The molecule has 4 nitrogen and oxygen atoms in total. The van der Waals surface area contributed by atoms with Gasteiger partial charge in [0.05, 0.1) is 13.7 Å². The van der Waals surface area contributed by atoms with Crippen LogP contribution in [-0.2, 0) is 0 Å². The number of hydrogen-bond acceptors (Lipinski definition) is 4. The van der Waals surface area contributed by atoms with Crippen molar-refractivity contribution in [2.45, 2.75) is 20.0 Å². The molecule has 0 saturated heterocycles. The van der Waals surface area contributed by atoms with Gasteiger partial charge >= 0.3 is 6.61 Å². The quantitative estimate of drug-likeness (QED) is 0.368. The fourth-order valence-electron chi connectivity index (χ4n) is 2.27. The Bertz CT molecular complexity index is 822. The van der Waals surface area contributed by atoms with E-state index in [1.54, 1.807) is 6.08 Å². The molecule has 0 N–H and O–H groups in total. The number of carbonyl (C=O) groups excluding carboxylic acids is 1. The van der Waals surface area contributed by atoms with Gasteiger partial charge in [-0.25, -0.2) is 0 Å². The fraction of sp³-hybridized carbons (Fsp3) is 0.250. The van der Waals surface area contributed by atoms with Crippen LogP contribution in [0.4, 0.5) is 8.78 Å². The van der Waals surface area contributed by atoms with E-state index in [1.165, 1.54) is 31.4 Å². The van der Waals surface area contributed by atoms with Crippen molar-refractivity contribution in [1.29, 1.82) is 0 Å². The van der Waals surface area contributed by atoms with E-state index in [0.29, 0.717) is 12.4 Å². The second kappa shape index (κ2) is 10.1. The van der Waals surface area contributed by atoms with Gasteiger partial charge < -0.3 is 14.2 Å². The first-order chi connectivity index (χ1) is 12.9. The normalized spacial score (nSPS) is 11.0. The first-order valence-electron chi connectivity index (χ1n) is 8.22. The van der Waals surface area contributed by atoms with Gasteiger partial charge in [-0.15, -0.1) is 0 Å². The molecule has 2 rings (SSSR count). The van der Waals surface area contributed by atoms with Crippen molar-refractivity contribution in [3.05, 3.63) is 58.1 Å². The maximum atomic E-state index is 12.4. The molecule has 0 aliphatic carbocycles. The maximum Gasteiger partial charge on any atom is 0.387 e. The lowest BCUT2D eigenvalue weighted by Crippen LogP contribution is -2.04. The molecule has 144 valence electrons. The van der Waals surface area contributed by atoms with Gasteiger partial charge in [0.1, 0.15) is 5.75 Å². The molecule has 7 heteroatoms. The van der Waals surface area contributed by atoms with Crippen molar-refractivity contribution >= 4 is 27.8 Å². The summed E-state index contributed by atoms with van der Waals surface area (Å²) in [5.74, 6) is 0.292. The highest BCUT2D eigenvalue weighted by Gasteiger charge is 2.13. The average Bonchev–Trinajstić information content (AvgIpc) is 2.65. The zero-order valence-electron chi connectivity index (χ0n) is 14.9. The van der Waals surface area contributed by atoms with Gasteiger partial charge in [-0.2, -0.15) is 8.78 Å². The highest BCUT2D eigenvalue weighted by atomic mass is 79.9. The van der Waals surface area contributed by atoms with Gasteiger partial charge in [0.2, 0.25) is 0 Å².